The third kappa shape index (κ3) is 7.94. The molecule has 1 aliphatic heterocycles. The van der Waals surface area contributed by atoms with Crippen LogP contribution in [0, 0.1) is 6.92 Å². The summed E-state index contributed by atoms with van der Waals surface area (Å²) in [5, 5.41) is 15.4. The molecule has 0 saturated carbocycles. The van der Waals surface area contributed by atoms with Crippen molar-refractivity contribution in [1.82, 2.24) is 25.4 Å². The monoisotopic (exact) mass is 688 g/mol. The molecule has 1 saturated heterocycles. The highest BCUT2D eigenvalue weighted by atomic mass is 16.5. The second-order valence-electron chi connectivity index (χ2n) is 12.7. The van der Waals surface area contributed by atoms with E-state index in [0.717, 1.165) is 69.4 Å². The van der Waals surface area contributed by atoms with E-state index in [4.69, 9.17) is 14.5 Å². The number of pyridine rings is 1. The minimum Gasteiger partial charge on any atom is -0.496 e. The molecule has 1 aliphatic rings. The van der Waals surface area contributed by atoms with Gasteiger partial charge in [-0.05, 0) is 86.2 Å². The quantitative estimate of drug-likeness (QED) is 0.123. The number of carbonyl (C=O) groups excluding carboxylic acids is 3. The molecule has 1 fully saturated rings. The fourth-order valence-corrected chi connectivity index (χ4v) is 6.57. The number of carbonyl (C=O) groups is 3. The Morgan fingerprint density at radius 3 is 2.41 bits per heavy atom. The first-order valence-corrected chi connectivity index (χ1v) is 17.4. The molecule has 0 aliphatic carbocycles. The SMILES string of the molecule is CCc1nc2c(cnn2CC)c(NC2CCOCC2)c1CNC(=O)c1cc(C)cc(C(=O)NCc2ccc(OC)c(-c3cccc(C=O)c3)c2)c1. The molecule has 0 atom stereocenters. The standard InChI is InChI=1S/C40H44N6O5/c1-5-35-33(37(44-31-12-14-51-15-13-31)34-23-43-46(6-2)38(34)45-35)22-42-40(49)30-17-25(3)16-29(20-30)39(48)41-21-26-10-11-36(50-4)32(19-26)28-9-7-8-27(18-28)24-47/h7-11,16-20,23-24,31H,5-6,12-15,21-22H2,1-4H3,(H,41,48)(H,42,49)(H,44,45). The van der Waals surface area contributed by atoms with Gasteiger partial charge in [0, 0.05) is 72.4 Å². The minimum absolute atomic E-state index is 0.240. The van der Waals surface area contributed by atoms with Crippen LogP contribution in [0.25, 0.3) is 22.2 Å². The van der Waals surface area contributed by atoms with E-state index in [2.05, 4.69) is 28.0 Å². The topological polar surface area (TPSA) is 136 Å². The van der Waals surface area contributed by atoms with Gasteiger partial charge in [0.05, 0.1) is 24.4 Å². The Bertz CT molecular complexity index is 2070. The number of aryl methyl sites for hydroxylation is 3. The zero-order valence-electron chi connectivity index (χ0n) is 29.5. The van der Waals surface area contributed by atoms with Crippen LogP contribution in [0.5, 0.6) is 5.75 Å². The van der Waals surface area contributed by atoms with Crippen LogP contribution in [0.3, 0.4) is 0 Å². The Morgan fingerprint density at radius 2 is 1.73 bits per heavy atom. The predicted octanol–water partition coefficient (Wildman–Crippen LogP) is 6.26. The van der Waals surface area contributed by atoms with Crippen molar-refractivity contribution in [3.8, 4) is 16.9 Å². The van der Waals surface area contributed by atoms with E-state index >= 15 is 0 Å². The molecular formula is C40H44N6O5. The number of anilines is 1. The van der Waals surface area contributed by atoms with Crippen LogP contribution < -0.4 is 20.7 Å². The number of fused-ring (bicyclic) bond motifs is 1. The Kier molecular flexibility index (Phi) is 11.1. The summed E-state index contributed by atoms with van der Waals surface area (Å²) in [7, 11) is 1.60. The highest BCUT2D eigenvalue weighted by molar-refractivity contribution is 6.00. The Balaban J connectivity index is 1.19. The fourth-order valence-electron chi connectivity index (χ4n) is 6.57. The van der Waals surface area contributed by atoms with Crippen LogP contribution in [0.15, 0.2) is 66.9 Å². The van der Waals surface area contributed by atoms with Crippen molar-refractivity contribution in [1.29, 1.82) is 0 Å². The maximum absolute atomic E-state index is 13.7. The van der Waals surface area contributed by atoms with Crippen LogP contribution in [0.2, 0.25) is 0 Å². The fraction of sp³-hybridized carbons (Fsp3) is 0.325. The number of ether oxygens (including phenoxy) is 2. The molecule has 3 heterocycles. The molecule has 0 bridgehead atoms. The number of benzene rings is 3. The maximum Gasteiger partial charge on any atom is 0.251 e. The zero-order chi connectivity index (χ0) is 35.9. The van der Waals surface area contributed by atoms with E-state index in [-0.39, 0.29) is 30.9 Å². The van der Waals surface area contributed by atoms with Gasteiger partial charge in [-0.25, -0.2) is 9.67 Å². The van der Waals surface area contributed by atoms with Crippen molar-refractivity contribution >= 4 is 34.8 Å². The van der Waals surface area contributed by atoms with Gasteiger partial charge in [0.2, 0.25) is 0 Å². The van der Waals surface area contributed by atoms with Crippen LogP contribution >= 0.6 is 0 Å². The first-order valence-electron chi connectivity index (χ1n) is 17.4. The molecule has 0 spiro atoms. The lowest BCUT2D eigenvalue weighted by molar-refractivity contribution is 0.0904. The lowest BCUT2D eigenvalue weighted by atomic mass is 10.00. The zero-order valence-corrected chi connectivity index (χ0v) is 29.5. The maximum atomic E-state index is 13.7. The summed E-state index contributed by atoms with van der Waals surface area (Å²) < 4.78 is 13.1. The summed E-state index contributed by atoms with van der Waals surface area (Å²) in [6.07, 6.45) is 5.13. The van der Waals surface area contributed by atoms with Crippen LogP contribution in [0.1, 0.15) is 80.1 Å². The number of nitrogens with zero attached hydrogens (tertiary/aromatic N) is 3. The lowest BCUT2D eigenvalue weighted by Crippen LogP contribution is -2.30. The summed E-state index contributed by atoms with van der Waals surface area (Å²) in [5.74, 6) is 0.0761. The second kappa shape index (κ2) is 16.0. The van der Waals surface area contributed by atoms with E-state index in [9.17, 15) is 14.4 Å². The van der Waals surface area contributed by atoms with Crippen molar-refractivity contribution in [2.24, 2.45) is 0 Å². The number of aromatic nitrogens is 3. The normalized spacial score (nSPS) is 13.2. The highest BCUT2D eigenvalue weighted by Gasteiger charge is 2.22. The number of nitrogens with one attached hydrogen (secondary N) is 3. The largest absolute Gasteiger partial charge is 0.496 e. The van der Waals surface area contributed by atoms with Gasteiger partial charge in [-0.1, -0.05) is 31.2 Å². The van der Waals surface area contributed by atoms with E-state index in [1.54, 1.807) is 37.4 Å². The molecular weight excluding hydrogens is 644 g/mol. The Hall–Kier alpha value is -5.55. The molecule has 2 aromatic heterocycles. The Morgan fingerprint density at radius 1 is 0.980 bits per heavy atom. The van der Waals surface area contributed by atoms with Crippen LogP contribution in [-0.2, 0) is 30.8 Å². The number of amides is 2. The molecule has 2 amide bonds. The van der Waals surface area contributed by atoms with Gasteiger partial charge in [-0.3, -0.25) is 14.4 Å². The first-order chi connectivity index (χ1) is 24.8. The van der Waals surface area contributed by atoms with E-state index in [1.165, 1.54) is 0 Å². The molecule has 0 radical (unpaired) electrons. The van der Waals surface area contributed by atoms with E-state index < -0.39 is 0 Å². The number of hydrogen-bond acceptors (Lipinski definition) is 8. The molecule has 3 aromatic carbocycles. The van der Waals surface area contributed by atoms with Crippen LogP contribution in [-0.4, -0.2) is 59.2 Å². The first kappa shape index (κ1) is 35.3. The van der Waals surface area contributed by atoms with Crippen LogP contribution in [0.4, 0.5) is 5.69 Å². The molecule has 5 aromatic rings. The molecule has 11 heteroatoms. The molecule has 0 unspecified atom stereocenters. The van der Waals surface area contributed by atoms with Crippen molar-refractivity contribution in [2.45, 2.75) is 65.7 Å². The molecule has 51 heavy (non-hydrogen) atoms. The van der Waals surface area contributed by atoms with Gasteiger partial charge in [-0.2, -0.15) is 5.10 Å². The van der Waals surface area contributed by atoms with Crippen molar-refractivity contribution in [2.75, 3.05) is 25.6 Å². The average molecular weight is 689 g/mol. The Labute approximate surface area is 297 Å². The van der Waals surface area contributed by atoms with Crippen molar-refractivity contribution < 1.29 is 23.9 Å². The third-order valence-electron chi connectivity index (χ3n) is 9.25. The third-order valence-corrected chi connectivity index (χ3v) is 9.25. The number of rotatable bonds is 13. The van der Waals surface area contributed by atoms with Crippen molar-refractivity contribution in [3.05, 3.63) is 106 Å². The van der Waals surface area contributed by atoms with Crippen molar-refractivity contribution in [3.63, 3.8) is 0 Å². The summed E-state index contributed by atoms with van der Waals surface area (Å²) >= 11 is 0. The van der Waals surface area contributed by atoms with Gasteiger partial charge >= 0.3 is 0 Å². The van der Waals surface area contributed by atoms with Gasteiger partial charge in [0.1, 0.15) is 12.0 Å². The summed E-state index contributed by atoms with van der Waals surface area (Å²) in [4.78, 5) is 43.4. The molecule has 6 rings (SSSR count). The van der Waals surface area contributed by atoms with Gasteiger partial charge < -0.3 is 25.4 Å². The number of methoxy groups -OCH3 is 1. The van der Waals surface area contributed by atoms with Gasteiger partial charge in [-0.15, -0.1) is 0 Å². The summed E-state index contributed by atoms with van der Waals surface area (Å²) in [6.45, 7) is 8.60. The highest BCUT2D eigenvalue weighted by Crippen LogP contribution is 2.33. The molecule has 264 valence electrons. The summed E-state index contributed by atoms with van der Waals surface area (Å²) in [5.41, 5.74) is 8.25. The average Bonchev–Trinajstić information content (AvgIpc) is 3.59. The number of aldehydes is 1. The molecule has 11 nitrogen and oxygen atoms in total. The second-order valence-corrected chi connectivity index (χ2v) is 12.7. The van der Waals surface area contributed by atoms with Gasteiger partial charge in [0.25, 0.3) is 11.8 Å². The smallest absolute Gasteiger partial charge is 0.251 e. The van der Waals surface area contributed by atoms with E-state index in [1.807, 2.05) is 55.1 Å². The lowest BCUT2D eigenvalue weighted by Gasteiger charge is -2.26. The minimum atomic E-state index is -0.299. The van der Waals surface area contributed by atoms with Gasteiger partial charge in [0.15, 0.2) is 5.65 Å². The summed E-state index contributed by atoms with van der Waals surface area (Å²) in [6, 6.07) is 18.4. The molecule has 3 N–H and O–H groups in total. The van der Waals surface area contributed by atoms with E-state index in [0.29, 0.717) is 48.6 Å². The number of hydrogen-bond donors (Lipinski definition) is 3. The predicted molar refractivity (Wildman–Crippen MR) is 197 cm³/mol.